The van der Waals surface area contributed by atoms with Crippen LogP contribution in [0, 0.1) is 27.7 Å². The molecule has 3 nitrogen and oxygen atoms in total. The first-order chi connectivity index (χ1) is 10.9. The van der Waals surface area contributed by atoms with Gasteiger partial charge in [-0.3, -0.25) is 14.2 Å². The van der Waals surface area contributed by atoms with Crippen molar-refractivity contribution in [3.05, 3.63) is 69.8 Å². The minimum atomic E-state index is -1.20. The third-order valence-electron chi connectivity index (χ3n) is 4.06. The molecule has 0 spiro atoms. The lowest BCUT2D eigenvalue weighted by Gasteiger charge is -2.15. The summed E-state index contributed by atoms with van der Waals surface area (Å²) in [4.78, 5) is 25.7. The van der Waals surface area contributed by atoms with Crippen LogP contribution in [0.2, 0.25) is 0 Å². The van der Waals surface area contributed by atoms with Gasteiger partial charge < -0.3 is 0 Å². The van der Waals surface area contributed by atoms with Crippen molar-refractivity contribution in [2.24, 2.45) is 0 Å². The van der Waals surface area contributed by atoms with Gasteiger partial charge in [0.1, 0.15) is 0 Å². The van der Waals surface area contributed by atoms with Crippen LogP contribution < -0.4 is 0 Å². The van der Waals surface area contributed by atoms with Gasteiger partial charge in [-0.25, -0.2) is 0 Å². The number of carbonyl (C=O) groups is 2. The standard InChI is InChI=1S/C19H19O3P/c1-11-7-5-8-12(2)15(11)17(20)19(23-22)18(21)16-13(3)9-6-10-14(16)4/h5-10,19H,1-4H3. The van der Waals surface area contributed by atoms with Crippen LogP contribution in [-0.2, 0) is 4.57 Å². The van der Waals surface area contributed by atoms with Crippen molar-refractivity contribution in [3.8, 4) is 0 Å². The van der Waals surface area contributed by atoms with Crippen LogP contribution in [0.25, 0.3) is 0 Å². The van der Waals surface area contributed by atoms with E-state index in [0.717, 1.165) is 22.3 Å². The number of rotatable bonds is 5. The smallest absolute Gasteiger partial charge is 0.185 e. The molecule has 0 amide bonds. The summed E-state index contributed by atoms with van der Waals surface area (Å²) >= 11 is 0. The van der Waals surface area contributed by atoms with Gasteiger partial charge in [0.15, 0.2) is 25.7 Å². The van der Waals surface area contributed by atoms with Crippen molar-refractivity contribution in [2.45, 2.75) is 33.4 Å². The zero-order chi connectivity index (χ0) is 17.1. The number of aryl methyl sites for hydroxylation is 4. The van der Waals surface area contributed by atoms with Crippen LogP contribution in [0.15, 0.2) is 36.4 Å². The van der Waals surface area contributed by atoms with E-state index in [0.29, 0.717) is 11.1 Å². The predicted molar refractivity (Wildman–Crippen MR) is 91.9 cm³/mol. The second-order valence-electron chi connectivity index (χ2n) is 5.77. The lowest BCUT2D eigenvalue weighted by atomic mass is 9.91. The lowest BCUT2D eigenvalue weighted by molar-refractivity contribution is 0.0900. The van der Waals surface area contributed by atoms with Gasteiger partial charge in [-0.2, -0.15) is 0 Å². The monoisotopic (exact) mass is 326 g/mol. The van der Waals surface area contributed by atoms with Crippen molar-refractivity contribution < 1.29 is 14.2 Å². The van der Waals surface area contributed by atoms with E-state index in [1.54, 1.807) is 0 Å². The molecule has 0 saturated carbocycles. The maximum atomic E-state index is 12.8. The number of Topliss-reactive ketones (excluding diaryl/α,β-unsaturated/α-hetero) is 2. The SMILES string of the molecule is Cc1cccc(C)c1C(=O)C(P=O)C(=O)c1c(C)cccc1C. The Labute approximate surface area is 137 Å². The van der Waals surface area contributed by atoms with Gasteiger partial charge in [0.25, 0.3) is 0 Å². The normalized spacial score (nSPS) is 11.0. The third-order valence-corrected chi connectivity index (χ3v) is 4.74. The molecule has 118 valence electrons. The summed E-state index contributed by atoms with van der Waals surface area (Å²) < 4.78 is 11.6. The van der Waals surface area contributed by atoms with E-state index in [1.807, 2.05) is 64.1 Å². The van der Waals surface area contributed by atoms with Crippen molar-refractivity contribution in [3.63, 3.8) is 0 Å². The minimum Gasteiger partial charge on any atom is -0.292 e. The first-order valence-electron chi connectivity index (χ1n) is 7.41. The van der Waals surface area contributed by atoms with Gasteiger partial charge in [0.05, 0.1) is 0 Å². The van der Waals surface area contributed by atoms with Gasteiger partial charge in [0.2, 0.25) is 0 Å². The molecule has 0 fully saturated rings. The average Bonchev–Trinajstić information content (AvgIpc) is 2.47. The molecule has 0 heterocycles. The molecule has 0 unspecified atom stereocenters. The fourth-order valence-corrected chi connectivity index (χ4v) is 3.34. The summed E-state index contributed by atoms with van der Waals surface area (Å²) in [5, 5.41) is 0. The van der Waals surface area contributed by atoms with Gasteiger partial charge in [-0.15, -0.1) is 0 Å². The Balaban J connectivity index is 2.50. The van der Waals surface area contributed by atoms with Crippen LogP contribution in [-0.4, -0.2) is 17.2 Å². The molecule has 0 radical (unpaired) electrons. The quantitative estimate of drug-likeness (QED) is 0.457. The summed E-state index contributed by atoms with van der Waals surface area (Å²) in [5.74, 6) is -0.769. The highest BCUT2D eigenvalue weighted by atomic mass is 31.1. The Morgan fingerprint density at radius 1 is 0.739 bits per heavy atom. The molecular formula is C19H19O3P. The second kappa shape index (κ2) is 6.97. The minimum absolute atomic E-state index is 0.384. The molecule has 2 rings (SSSR count). The molecule has 2 aromatic carbocycles. The Kier molecular flexibility index (Phi) is 5.23. The molecule has 0 aliphatic heterocycles. The number of benzene rings is 2. The zero-order valence-corrected chi connectivity index (χ0v) is 14.6. The van der Waals surface area contributed by atoms with E-state index >= 15 is 0 Å². The van der Waals surface area contributed by atoms with E-state index < -0.39 is 14.1 Å². The first-order valence-corrected chi connectivity index (χ1v) is 8.30. The van der Waals surface area contributed by atoms with Crippen LogP contribution in [0.1, 0.15) is 43.0 Å². The third kappa shape index (κ3) is 3.30. The maximum Gasteiger partial charge on any atom is 0.185 e. The molecule has 0 N–H and O–H groups in total. The molecule has 0 aliphatic carbocycles. The van der Waals surface area contributed by atoms with Crippen LogP contribution >= 0.6 is 8.46 Å². The van der Waals surface area contributed by atoms with Crippen molar-refractivity contribution >= 4 is 20.0 Å². The van der Waals surface area contributed by atoms with E-state index in [2.05, 4.69) is 0 Å². The summed E-state index contributed by atoms with van der Waals surface area (Å²) in [5.41, 5.74) is 2.93. The van der Waals surface area contributed by atoms with Crippen LogP contribution in [0.3, 0.4) is 0 Å². The summed E-state index contributed by atoms with van der Waals surface area (Å²) in [6, 6.07) is 11.0. The molecule has 0 saturated heterocycles. The van der Waals surface area contributed by atoms with E-state index in [-0.39, 0.29) is 11.6 Å². The highest BCUT2D eigenvalue weighted by Crippen LogP contribution is 2.26. The van der Waals surface area contributed by atoms with E-state index in [1.165, 1.54) is 0 Å². The molecule has 0 aliphatic rings. The summed E-state index contributed by atoms with van der Waals surface area (Å²) in [6.45, 7) is 7.29. The lowest BCUT2D eigenvalue weighted by Crippen LogP contribution is -2.27. The van der Waals surface area contributed by atoms with Crippen LogP contribution in [0.5, 0.6) is 0 Å². The number of hydrogen-bond donors (Lipinski definition) is 0. The van der Waals surface area contributed by atoms with Crippen molar-refractivity contribution in [2.75, 3.05) is 0 Å². The summed E-state index contributed by atoms with van der Waals surface area (Å²) in [6.07, 6.45) is 0. The highest BCUT2D eigenvalue weighted by Gasteiger charge is 2.32. The average molecular weight is 326 g/mol. The molecule has 0 atom stereocenters. The van der Waals surface area contributed by atoms with Crippen molar-refractivity contribution in [1.82, 2.24) is 0 Å². The molecule has 0 aromatic heterocycles. The van der Waals surface area contributed by atoms with Crippen molar-refractivity contribution in [1.29, 1.82) is 0 Å². The van der Waals surface area contributed by atoms with E-state index in [9.17, 15) is 14.2 Å². The fourth-order valence-electron chi connectivity index (χ4n) is 2.89. The Hall–Kier alpha value is -2.12. The van der Waals surface area contributed by atoms with Gasteiger partial charge in [-0.05, 0) is 49.9 Å². The van der Waals surface area contributed by atoms with Gasteiger partial charge in [0, 0.05) is 11.1 Å². The van der Waals surface area contributed by atoms with E-state index in [4.69, 9.17) is 0 Å². The second-order valence-corrected chi connectivity index (χ2v) is 6.50. The first kappa shape index (κ1) is 17.2. The summed E-state index contributed by atoms with van der Waals surface area (Å²) in [7, 11) is -0.471. The largest absolute Gasteiger partial charge is 0.292 e. The maximum absolute atomic E-state index is 12.8. The van der Waals surface area contributed by atoms with Gasteiger partial charge in [-0.1, -0.05) is 36.4 Å². The number of carbonyl (C=O) groups excluding carboxylic acids is 2. The Morgan fingerprint density at radius 3 is 1.30 bits per heavy atom. The zero-order valence-electron chi connectivity index (χ0n) is 13.7. The number of ketones is 2. The topological polar surface area (TPSA) is 51.2 Å². The molecule has 2 aromatic rings. The molecular weight excluding hydrogens is 307 g/mol. The Morgan fingerprint density at radius 2 is 1.04 bits per heavy atom. The molecule has 0 bridgehead atoms. The molecule has 4 heteroatoms. The number of hydrogen-bond acceptors (Lipinski definition) is 3. The fraction of sp³-hybridized carbons (Fsp3) is 0.263. The van der Waals surface area contributed by atoms with Gasteiger partial charge >= 0.3 is 0 Å². The Bertz CT molecular complexity index is 689. The van der Waals surface area contributed by atoms with Crippen LogP contribution in [0.4, 0.5) is 0 Å². The molecule has 23 heavy (non-hydrogen) atoms. The predicted octanol–water partition coefficient (Wildman–Crippen LogP) is 4.65. The highest BCUT2D eigenvalue weighted by molar-refractivity contribution is 7.28.